The maximum Gasteiger partial charge on any atom is 0.301 e. The second-order valence-electron chi connectivity index (χ2n) is 7.69. The number of carbonyl (C=O) groups is 2. The van der Waals surface area contributed by atoms with Crippen molar-refractivity contribution in [2.75, 3.05) is 24.7 Å². The number of nitrogens with zero attached hydrogens (tertiary/aromatic N) is 2. The molecule has 0 bridgehead atoms. The molecule has 1 N–H and O–H groups in total. The summed E-state index contributed by atoms with van der Waals surface area (Å²) in [5.41, 5.74) is 0.843. The van der Waals surface area contributed by atoms with Gasteiger partial charge in [0.15, 0.2) is 11.5 Å². The Bertz CT molecular complexity index is 1290. The van der Waals surface area contributed by atoms with Crippen LogP contribution in [0.3, 0.4) is 0 Å². The third-order valence-electron chi connectivity index (χ3n) is 5.67. The number of aliphatic hydroxyl groups excluding tert-OH is 1. The molecule has 2 aliphatic heterocycles. The van der Waals surface area contributed by atoms with Gasteiger partial charge in [0.2, 0.25) is 0 Å². The predicted molar refractivity (Wildman–Crippen MR) is 124 cm³/mol. The van der Waals surface area contributed by atoms with Crippen LogP contribution >= 0.6 is 0 Å². The fourth-order valence-electron chi connectivity index (χ4n) is 4.20. The monoisotopic (exact) mass is 458 g/mol. The molecular formula is C26H22N2O6. The molecule has 34 heavy (non-hydrogen) atoms. The molecule has 172 valence electrons. The largest absolute Gasteiger partial charge is 0.507 e. The van der Waals surface area contributed by atoms with E-state index in [1.165, 1.54) is 4.90 Å². The highest BCUT2D eigenvalue weighted by atomic mass is 16.6. The van der Waals surface area contributed by atoms with Gasteiger partial charge in [0.05, 0.1) is 12.2 Å². The Morgan fingerprint density at radius 3 is 2.59 bits per heavy atom. The van der Waals surface area contributed by atoms with Crippen LogP contribution in [-0.4, -0.2) is 41.6 Å². The first-order valence-corrected chi connectivity index (χ1v) is 10.9. The Morgan fingerprint density at radius 1 is 1.06 bits per heavy atom. The summed E-state index contributed by atoms with van der Waals surface area (Å²) >= 11 is 0. The lowest BCUT2D eigenvalue weighted by atomic mass is 9.94. The predicted octanol–water partition coefficient (Wildman–Crippen LogP) is 3.88. The number of amides is 1. The zero-order valence-electron chi connectivity index (χ0n) is 18.4. The van der Waals surface area contributed by atoms with E-state index < -0.39 is 17.7 Å². The Kier molecular flexibility index (Phi) is 5.63. The Morgan fingerprint density at radius 2 is 1.82 bits per heavy atom. The van der Waals surface area contributed by atoms with E-state index in [2.05, 4.69) is 4.98 Å². The molecular weight excluding hydrogens is 436 g/mol. The number of carbonyl (C=O) groups excluding carboxylic acids is 2. The average Bonchev–Trinajstić information content (AvgIpc) is 3.14. The number of benzene rings is 2. The Hall–Kier alpha value is -4.33. The van der Waals surface area contributed by atoms with E-state index in [4.69, 9.17) is 14.2 Å². The van der Waals surface area contributed by atoms with Gasteiger partial charge in [-0.3, -0.25) is 14.5 Å². The van der Waals surface area contributed by atoms with Crippen molar-refractivity contribution in [3.8, 4) is 17.2 Å². The summed E-state index contributed by atoms with van der Waals surface area (Å²) in [4.78, 5) is 32.1. The first-order valence-electron chi connectivity index (χ1n) is 10.9. The van der Waals surface area contributed by atoms with Gasteiger partial charge in [-0.25, -0.2) is 4.98 Å². The lowest BCUT2D eigenvalue weighted by Gasteiger charge is -2.26. The van der Waals surface area contributed by atoms with Gasteiger partial charge in [-0.1, -0.05) is 24.3 Å². The minimum atomic E-state index is -0.939. The molecule has 0 spiro atoms. The van der Waals surface area contributed by atoms with Crippen LogP contribution in [0.4, 0.5) is 5.82 Å². The van der Waals surface area contributed by atoms with Crippen molar-refractivity contribution >= 4 is 23.3 Å². The van der Waals surface area contributed by atoms with E-state index in [9.17, 15) is 14.7 Å². The number of Topliss-reactive ketones (excluding diaryl/α,β-unsaturated/α-hetero) is 1. The Labute approximate surface area is 196 Å². The second kappa shape index (κ2) is 8.90. The molecule has 1 aromatic heterocycles. The summed E-state index contributed by atoms with van der Waals surface area (Å²) in [6, 6.07) is 16.2. The molecule has 5 rings (SSSR count). The minimum Gasteiger partial charge on any atom is -0.507 e. The molecule has 1 unspecified atom stereocenters. The molecule has 1 saturated heterocycles. The molecule has 8 nitrogen and oxygen atoms in total. The number of aliphatic hydroxyl groups is 1. The minimum absolute atomic E-state index is 0.0560. The highest BCUT2D eigenvalue weighted by Gasteiger charge is 2.48. The molecule has 0 saturated carbocycles. The van der Waals surface area contributed by atoms with Crippen molar-refractivity contribution in [3.63, 3.8) is 0 Å². The molecule has 0 radical (unpaired) electrons. The zero-order chi connectivity index (χ0) is 23.7. The Balaban J connectivity index is 1.72. The topological polar surface area (TPSA) is 98.2 Å². The summed E-state index contributed by atoms with van der Waals surface area (Å²) < 4.78 is 17.0. The van der Waals surface area contributed by atoms with Crippen LogP contribution in [0.2, 0.25) is 0 Å². The van der Waals surface area contributed by atoms with Crippen LogP contribution in [0.25, 0.3) is 5.76 Å². The van der Waals surface area contributed by atoms with Gasteiger partial charge >= 0.3 is 5.91 Å². The summed E-state index contributed by atoms with van der Waals surface area (Å²) in [6.45, 7) is 3.05. The van der Waals surface area contributed by atoms with E-state index in [1.54, 1.807) is 60.8 Å². The maximum absolute atomic E-state index is 13.3. The second-order valence-corrected chi connectivity index (χ2v) is 7.69. The maximum atomic E-state index is 13.3. The highest BCUT2D eigenvalue weighted by Crippen LogP contribution is 2.45. The quantitative estimate of drug-likeness (QED) is 0.352. The lowest BCUT2D eigenvalue weighted by molar-refractivity contribution is -0.132. The van der Waals surface area contributed by atoms with E-state index in [0.717, 1.165) is 0 Å². The molecule has 3 heterocycles. The zero-order valence-corrected chi connectivity index (χ0v) is 18.4. The van der Waals surface area contributed by atoms with Crippen LogP contribution < -0.4 is 19.1 Å². The number of ketones is 1. The van der Waals surface area contributed by atoms with Crippen LogP contribution in [0.15, 0.2) is 72.4 Å². The van der Waals surface area contributed by atoms with Gasteiger partial charge < -0.3 is 19.3 Å². The molecule has 0 aliphatic carbocycles. The van der Waals surface area contributed by atoms with Gasteiger partial charge in [-0.2, -0.15) is 0 Å². The molecule has 1 atom stereocenters. The summed E-state index contributed by atoms with van der Waals surface area (Å²) in [5.74, 6) is -0.1000. The van der Waals surface area contributed by atoms with Gasteiger partial charge in [0, 0.05) is 17.3 Å². The van der Waals surface area contributed by atoms with Crippen molar-refractivity contribution in [3.05, 3.63) is 83.6 Å². The third-order valence-corrected chi connectivity index (χ3v) is 5.67. The molecule has 3 aromatic rings. The number of fused-ring (bicyclic) bond motifs is 1. The normalized spacial score (nSPS) is 18.7. The molecule has 1 amide bonds. The number of hydrogen-bond donors (Lipinski definition) is 1. The van der Waals surface area contributed by atoms with Crippen molar-refractivity contribution in [1.29, 1.82) is 0 Å². The number of anilines is 1. The van der Waals surface area contributed by atoms with Crippen LogP contribution in [0, 0.1) is 0 Å². The number of ether oxygens (including phenoxy) is 3. The van der Waals surface area contributed by atoms with Crippen molar-refractivity contribution in [2.24, 2.45) is 0 Å². The molecule has 1 fully saturated rings. The summed E-state index contributed by atoms with van der Waals surface area (Å²) in [7, 11) is 0. The number of para-hydroxylation sites is 1. The fourth-order valence-corrected chi connectivity index (χ4v) is 4.20. The van der Waals surface area contributed by atoms with Crippen molar-refractivity contribution in [1.82, 2.24) is 4.98 Å². The van der Waals surface area contributed by atoms with E-state index >= 15 is 0 Å². The molecule has 2 aromatic carbocycles. The van der Waals surface area contributed by atoms with Crippen LogP contribution in [0.5, 0.6) is 17.2 Å². The molecule has 2 aliphatic rings. The highest BCUT2D eigenvalue weighted by molar-refractivity contribution is 6.51. The number of pyridine rings is 1. The van der Waals surface area contributed by atoms with Gasteiger partial charge in [0.1, 0.15) is 36.6 Å². The SMILES string of the molecule is CCOc1ccccc1C1/C(=C(\O)c2ccc3c(c2)OCCO3)C(=O)C(=O)N1c1ccccn1. The third kappa shape index (κ3) is 3.63. The molecule has 8 heteroatoms. The van der Waals surface area contributed by atoms with Gasteiger partial charge in [-0.05, 0) is 43.3 Å². The smallest absolute Gasteiger partial charge is 0.301 e. The van der Waals surface area contributed by atoms with Gasteiger partial charge in [0.25, 0.3) is 5.78 Å². The lowest BCUT2D eigenvalue weighted by Crippen LogP contribution is -2.30. The standard InChI is InChI=1S/C26H22N2O6/c1-2-32-18-8-4-3-7-17(18)23-22(25(30)26(31)28(23)21-9-5-6-12-27-21)24(29)16-10-11-19-20(15-16)34-14-13-33-19/h3-12,15,23,29H,2,13-14H2,1H3/b24-22+. The first kappa shape index (κ1) is 21.5. The first-order chi connectivity index (χ1) is 16.6. The van der Waals surface area contributed by atoms with Crippen molar-refractivity contribution in [2.45, 2.75) is 13.0 Å². The average molecular weight is 458 g/mol. The van der Waals surface area contributed by atoms with Crippen LogP contribution in [-0.2, 0) is 9.59 Å². The van der Waals surface area contributed by atoms with E-state index in [-0.39, 0.29) is 11.3 Å². The number of hydrogen-bond acceptors (Lipinski definition) is 7. The van der Waals surface area contributed by atoms with Crippen LogP contribution in [0.1, 0.15) is 24.1 Å². The fraction of sp³-hybridized carbons (Fsp3) is 0.192. The number of rotatable bonds is 5. The van der Waals surface area contributed by atoms with Gasteiger partial charge in [-0.15, -0.1) is 0 Å². The van der Waals surface area contributed by atoms with Crippen molar-refractivity contribution < 1.29 is 28.9 Å². The van der Waals surface area contributed by atoms with E-state index in [1.807, 2.05) is 13.0 Å². The number of aromatic nitrogens is 1. The summed E-state index contributed by atoms with van der Waals surface area (Å²) in [6.07, 6.45) is 1.54. The van der Waals surface area contributed by atoms with E-state index in [0.29, 0.717) is 54.0 Å². The summed E-state index contributed by atoms with van der Waals surface area (Å²) in [5, 5.41) is 11.3.